The van der Waals surface area contributed by atoms with Crippen molar-refractivity contribution in [1.29, 1.82) is 0 Å². The first-order chi connectivity index (χ1) is 11.8. The van der Waals surface area contributed by atoms with E-state index in [0.29, 0.717) is 12.2 Å². The van der Waals surface area contributed by atoms with E-state index in [1.807, 2.05) is 70.0 Å². The smallest absolute Gasteiger partial charge is 0.260 e. The monoisotopic (exact) mass is 344 g/mol. The summed E-state index contributed by atoms with van der Waals surface area (Å²) in [6.45, 7) is 10.1. The van der Waals surface area contributed by atoms with Gasteiger partial charge in [-0.15, -0.1) is 0 Å². The van der Waals surface area contributed by atoms with E-state index in [1.165, 1.54) is 0 Å². The first-order valence-electron chi connectivity index (χ1n) is 8.83. The van der Waals surface area contributed by atoms with Gasteiger partial charge in [0.25, 0.3) is 5.91 Å². The highest BCUT2D eigenvalue weighted by molar-refractivity contribution is 5.92. The molecule has 0 saturated carbocycles. The molecule has 0 N–H and O–H groups in total. The molecule has 1 amide bonds. The van der Waals surface area contributed by atoms with Gasteiger partial charge in [-0.25, -0.2) is 0 Å². The number of carbonyl (C=O) groups excluding carboxylic acids is 2. The minimum absolute atomic E-state index is 0.0137. The van der Waals surface area contributed by atoms with Gasteiger partial charge < -0.3 is 14.5 Å². The first kappa shape index (κ1) is 19.0. The molecule has 0 saturated heterocycles. The van der Waals surface area contributed by atoms with Gasteiger partial charge in [-0.1, -0.05) is 0 Å². The van der Waals surface area contributed by atoms with Gasteiger partial charge in [0.2, 0.25) is 0 Å². The Morgan fingerprint density at radius 2 is 1.80 bits per heavy atom. The van der Waals surface area contributed by atoms with Gasteiger partial charge >= 0.3 is 0 Å². The van der Waals surface area contributed by atoms with Crippen LogP contribution in [0, 0.1) is 0 Å². The number of benzene rings is 1. The van der Waals surface area contributed by atoms with Crippen molar-refractivity contribution in [2.75, 3.05) is 11.5 Å². The molecule has 1 unspecified atom stereocenters. The Hall–Kier alpha value is -2.30. The van der Waals surface area contributed by atoms with Crippen LogP contribution in [-0.4, -0.2) is 41.3 Å². The number of ketones is 1. The van der Waals surface area contributed by atoms with E-state index >= 15 is 0 Å². The van der Waals surface area contributed by atoms with Gasteiger partial charge in [0.15, 0.2) is 12.4 Å². The summed E-state index contributed by atoms with van der Waals surface area (Å²) in [4.78, 5) is 27.7. The Morgan fingerprint density at radius 3 is 2.32 bits per heavy atom. The number of carbonyl (C=O) groups is 2. The summed E-state index contributed by atoms with van der Waals surface area (Å²) in [7, 11) is 0. The fourth-order valence-corrected chi connectivity index (χ4v) is 3.21. The molecule has 1 atom stereocenters. The van der Waals surface area contributed by atoms with Crippen LogP contribution in [0.25, 0.3) is 0 Å². The number of anilines is 1. The van der Waals surface area contributed by atoms with E-state index in [2.05, 4.69) is 4.90 Å². The molecule has 0 aliphatic carbocycles. The summed E-state index contributed by atoms with van der Waals surface area (Å²) in [6.07, 6.45) is 3.94. The van der Waals surface area contributed by atoms with Crippen molar-refractivity contribution < 1.29 is 14.3 Å². The van der Waals surface area contributed by atoms with Crippen molar-refractivity contribution in [2.24, 2.45) is 0 Å². The van der Waals surface area contributed by atoms with Crippen LogP contribution < -0.4 is 9.64 Å². The number of nitrogens with zero attached hydrogens (tertiary/aromatic N) is 2. The van der Waals surface area contributed by atoms with Crippen LogP contribution in [0.5, 0.6) is 5.75 Å². The van der Waals surface area contributed by atoms with Crippen LogP contribution >= 0.6 is 0 Å². The standard InChI is InChI=1S/C20H28N2O3/c1-14(2)22(15(3)4)20(24)13-25-19-8-6-17(7-9-19)21-11-10-18(23)12-16(21)5/h6-11,14-16H,12-13H2,1-5H3. The predicted octanol–water partition coefficient (Wildman–Crippen LogP) is 3.39. The molecular weight excluding hydrogens is 316 g/mol. The van der Waals surface area contributed by atoms with Gasteiger partial charge in [0.05, 0.1) is 0 Å². The summed E-state index contributed by atoms with van der Waals surface area (Å²) in [5.41, 5.74) is 1.00. The van der Waals surface area contributed by atoms with Crippen molar-refractivity contribution in [2.45, 2.75) is 59.2 Å². The number of ether oxygens (including phenoxy) is 1. The van der Waals surface area contributed by atoms with E-state index < -0.39 is 0 Å². The summed E-state index contributed by atoms with van der Waals surface area (Å²) < 4.78 is 5.65. The largest absolute Gasteiger partial charge is 0.484 e. The molecule has 0 aromatic heterocycles. The van der Waals surface area contributed by atoms with Gasteiger partial charge in [0.1, 0.15) is 5.75 Å². The number of allylic oxidation sites excluding steroid dienone is 1. The van der Waals surface area contributed by atoms with Crippen LogP contribution in [0.3, 0.4) is 0 Å². The van der Waals surface area contributed by atoms with Crippen molar-refractivity contribution in [3.8, 4) is 5.75 Å². The molecule has 2 rings (SSSR count). The molecule has 1 aromatic rings. The average molecular weight is 344 g/mol. The van der Waals surface area contributed by atoms with Crippen LogP contribution in [0.4, 0.5) is 5.69 Å². The minimum atomic E-state index is -0.0137. The van der Waals surface area contributed by atoms with Crippen molar-refractivity contribution >= 4 is 17.4 Å². The van der Waals surface area contributed by atoms with E-state index in [9.17, 15) is 9.59 Å². The molecular formula is C20H28N2O3. The van der Waals surface area contributed by atoms with Gasteiger partial charge in [-0.05, 0) is 65.0 Å². The topological polar surface area (TPSA) is 49.9 Å². The third kappa shape index (κ3) is 4.84. The molecule has 136 valence electrons. The molecule has 1 heterocycles. The number of amides is 1. The number of hydrogen-bond acceptors (Lipinski definition) is 4. The maximum Gasteiger partial charge on any atom is 0.260 e. The second kappa shape index (κ2) is 8.19. The number of rotatable bonds is 6. The normalized spacial score (nSPS) is 17.3. The van der Waals surface area contributed by atoms with Crippen LogP contribution in [0.15, 0.2) is 36.5 Å². The summed E-state index contributed by atoms with van der Waals surface area (Å²) in [5, 5.41) is 0. The highest BCUT2D eigenvalue weighted by Crippen LogP contribution is 2.25. The lowest BCUT2D eigenvalue weighted by atomic mass is 10.1. The highest BCUT2D eigenvalue weighted by Gasteiger charge is 2.21. The molecule has 5 heteroatoms. The van der Waals surface area contributed by atoms with E-state index in [4.69, 9.17) is 4.74 Å². The maximum atomic E-state index is 12.3. The molecule has 0 spiro atoms. The molecule has 1 aromatic carbocycles. The molecule has 5 nitrogen and oxygen atoms in total. The van der Waals surface area contributed by atoms with Crippen molar-refractivity contribution in [3.63, 3.8) is 0 Å². The van der Waals surface area contributed by atoms with E-state index in [-0.39, 0.29) is 36.4 Å². The third-order valence-electron chi connectivity index (χ3n) is 4.29. The Kier molecular flexibility index (Phi) is 6.23. The zero-order valence-corrected chi connectivity index (χ0v) is 15.7. The fourth-order valence-electron chi connectivity index (χ4n) is 3.21. The highest BCUT2D eigenvalue weighted by atomic mass is 16.5. The zero-order valence-electron chi connectivity index (χ0n) is 15.7. The lowest BCUT2D eigenvalue weighted by Crippen LogP contribution is -2.44. The SMILES string of the molecule is CC1CC(=O)C=CN1c1ccc(OCC(=O)N(C(C)C)C(C)C)cc1. The number of hydrogen-bond donors (Lipinski definition) is 0. The van der Waals surface area contributed by atoms with Crippen molar-refractivity contribution in [3.05, 3.63) is 36.5 Å². The Labute approximate surface area is 150 Å². The second-order valence-electron chi connectivity index (χ2n) is 7.01. The molecule has 1 aliphatic heterocycles. The summed E-state index contributed by atoms with van der Waals surface area (Å²) >= 11 is 0. The average Bonchev–Trinajstić information content (AvgIpc) is 2.53. The van der Waals surface area contributed by atoms with Crippen LogP contribution in [-0.2, 0) is 9.59 Å². The Morgan fingerprint density at radius 1 is 1.20 bits per heavy atom. The lowest BCUT2D eigenvalue weighted by molar-refractivity contribution is -0.137. The molecule has 0 fully saturated rings. The quantitative estimate of drug-likeness (QED) is 0.794. The van der Waals surface area contributed by atoms with Gasteiger partial charge in [-0.2, -0.15) is 0 Å². The fraction of sp³-hybridized carbons (Fsp3) is 0.500. The Balaban J connectivity index is 1.98. The van der Waals surface area contributed by atoms with E-state index in [0.717, 1.165) is 5.69 Å². The molecule has 25 heavy (non-hydrogen) atoms. The van der Waals surface area contributed by atoms with Crippen LogP contribution in [0.1, 0.15) is 41.0 Å². The third-order valence-corrected chi connectivity index (χ3v) is 4.29. The molecule has 0 radical (unpaired) electrons. The second-order valence-corrected chi connectivity index (χ2v) is 7.01. The minimum Gasteiger partial charge on any atom is -0.484 e. The first-order valence-corrected chi connectivity index (χ1v) is 8.83. The molecule has 1 aliphatic rings. The predicted molar refractivity (Wildman–Crippen MR) is 99.8 cm³/mol. The van der Waals surface area contributed by atoms with Crippen molar-refractivity contribution in [1.82, 2.24) is 4.90 Å². The van der Waals surface area contributed by atoms with Gasteiger partial charge in [-0.3, -0.25) is 9.59 Å². The maximum absolute atomic E-state index is 12.3. The lowest BCUT2D eigenvalue weighted by Gasteiger charge is -2.31. The molecule has 0 bridgehead atoms. The van der Waals surface area contributed by atoms with E-state index in [1.54, 1.807) is 6.08 Å². The van der Waals surface area contributed by atoms with Crippen LogP contribution in [0.2, 0.25) is 0 Å². The summed E-state index contributed by atoms with van der Waals surface area (Å²) in [6, 6.07) is 8.03. The van der Waals surface area contributed by atoms with Gasteiger partial charge in [0, 0.05) is 36.4 Å². The Bertz CT molecular complexity index is 627. The zero-order chi connectivity index (χ0) is 18.6. The summed E-state index contributed by atoms with van der Waals surface area (Å²) in [5.74, 6) is 0.802.